The van der Waals surface area contributed by atoms with E-state index in [1.807, 2.05) is 43.3 Å². The number of carbonyl (C=O) groups is 1. The number of nitrogen functional groups attached to an aromatic ring is 1. The van der Waals surface area contributed by atoms with Gasteiger partial charge in [0.1, 0.15) is 0 Å². The Morgan fingerprint density at radius 3 is 2.79 bits per heavy atom. The highest BCUT2D eigenvalue weighted by molar-refractivity contribution is 6.31. The van der Waals surface area contributed by atoms with Crippen molar-refractivity contribution in [3.8, 4) is 0 Å². The monoisotopic (exact) mass is 341 g/mol. The Bertz CT molecular complexity index is 890. The molecule has 2 aromatic carbocycles. The van der Waals surface area contributed by atoms with Crippen LogP contribution in [0.15, 0.2) is 48.5 Å². The molecule has 0 fully saturated rings. The van der Waals surface area contributed by atoms with Crippen LogP contribution in [0.5, 0.6) is 0 Å². The van der Waals surface area contributed by atoms with Gasteiger partial charge in [-0.05, 0) is 36.2 Å². The third-order valence-corrected chi connectivity index (χ3v) is 3.91. The van der Waals surface area contributed by atoms with E-state index in [9.17, 15) is 4.79 Å². The van der Waals surface area contributed by atoms with Crippen LogP contribution in [0.25, 0.3) is 0 Å². The van der Waals surface area contributed by atoms with Crippen molar-refractivity contribution >= 4 is 29.0 Å². The standard InChI is InChI=1S/C17H16ClN5O/c1-11-5-4-7-13(9-11)20-17(24)15-16(19)23(22-21-15)10-12-6-2-3-8-14(12)18/h2-9H,10,19H2,1H3,(H,20,24). The summed E-state index contributed by atoms with van der Waals surface area (Å²) in [5, 5.41) is 11.2. The molecule has 0 unspecified atom stereocenters. The molecule has 3 rings (SSSR count). The van der Waals surface area contributed by atoms with Gasteiger partial charge in [-0.3, -0.25) is 4.79 Å². The van der Waals surface area contributed by atoms with Gasteiger partial charge < -0.3 is 11.1 Å². The second kappa shape index (κ2) is 6.72. The molecule has 0 aliphatic heterocycles. The number of benzene rings is 2. The van der Waals surface area contributed by atoms with E-state index in [4.69, 9.17) is 17.3 Å². The van der Waals surface area contributed by atoms with Gasteiger partial charge in [0.25, 0.3) is 5.91 Å². The molecule has 0 atom stereocenters. The molecule has 1 heterocycles. The van der Waals surface area contributed by atoms with E-state index in [0.717, 1.165) is 11.1 Å². The van der Waals surface area contributed by atoms with Crippen molar-refractivity contribution in [3.63, 3.8) is 0 Å². The molecule has 0 aliphatic carbocycles. The second-order valence-electron chi connectivity index (χ2n) is 5.40. The topological polar surface area (TPSA) is 85.8 Å². The molecule has 1 amide bonds. The predicted molar refractivity (Wildman–Crippen MR) is 94.1 cm³/mol. The smallest absolute Gasteiger partial charge is 0.280 e. The highest BCUT2D eigenvalue weighted by Gasteiger charge is 2.18. The summed E-state index contributed by atoms with van der Waals surface area (Å²) in [6.07, 6.45) is 0. The molecule has 122 valence electrons. The fourth-order valence-corrected chi connectivity index (χ4v) is 2.50. The Morgan fingerprint density at radius 2 is 2.04 bits per heavy atom. The van der Waals surface area contributed by atoms with Crippen LogP contribution in [0.3, 0.4) is 0 Å². The number of aryl methyl sites for hydroxylation is 1. The lowest BCUT2D eigenvalue weighted by Crippen LogP contribution is -2.15. The first-order valence-electron chi connectivity index (χ1n) is 7.35. The maximum absolute atomic E-state index is 12.3. The fourth-order valence-electron chi connectivity index (χ4n) is 2.30. The Balaban J connectivity index is 1.79. The van der Waals surface area contributed by atoms with E-state index in [1.165, 1.54) is 4.68 Å². The molecule has 7 heteroatoms. The average Bonchev–Trinajstić information content (AvgIpc) is 2.91. The highest BCUT2D eigenvalue weighted by Crippen LogP contribution is 2.19. The Morgan fingerprint density at radius 1 is 1.25 bits per heavy atom. The third kappa shape index (κ3) is 3.38. The fraction of sp³-hybridized carbons (Fsp3) is 0.118. The van der Waals surface area contributed by atoms with Crippen LogP contribution in [0, 0.1) is 6.92 Å². The number of rotatable bonds is 4. The highest BCUT2D eigenvalue weighted by atomic mass is 35.5. The zero-order valence-corrected chi connectivity index (χ0v) is 13.8. The molecule has 0 aliphatic rings. The SMILES string of the molecule is Cc1cccc(NC(=O)c2nnn(Cc3ccccc3Cl)c2N)c1. The summed E-state index contributed by atoms with van der Waals surface area (Å²) in [6.45, 7) is 2.29. The molecule has 0 spiro atoms. The van der Waals surface area contributed by atoms with Gasteiger partial charge in [0.2, 0.25) is 0 Å². The van der Waals surface area contributed by atoms with Crippen molar-refractivity contribution < 1.29 is 4.79 Å². The van der Waals surface area contributed by atoms with E-state index in [0.29, 0.717) is 17.3 Å². The molecule has 0 saturated heterocycles. The molecule has 0 saturated carbocycles. The van der Waals surface area contributed by atoms with Crippen LogP contribution in [-0.2, 0) is 6.54 Å². The second-order valence-corrected chi connectivity index (χ2v) is 5.80. The summed E-state index contributed by atoms with van der Waals surface area (Å²) in [5.41, 5.74) is 8.68. The van der Waals surface area contributed by atoms with E-state index in [2.05, 4.69) is 15.6 Å². The zero-order valence-electron chi connectivity index (χ0n) is 13.0. The van der Waals surface area contributed by atoms with E-state index < -0.39 is 5.91 Å². The van der Waals surface area contributed by atoms with E-state index in [-0.39, 0.29) is 11.5 Å². The van der Waals surface area contributed by atoms with Gasteiger partial charge in [-0.2, -0.15) is 0 Å². The summed E-state index contributed by atoms with van der Waals surface area (Å²) in [7, 11) is 0. The van der Waals surface area contributed by atoms with Gasteiger partial charge in [-0.15, -0.1) is 5.10 Å². The molecule has 0 radical (unpaired) electrons. The largest absolute Gasteiger partial charge is 0.382 e. The minimum Gasteiger partial charge on any atom is -0.382 e. The number of halogens is 1. The number of aromatic nitrogens is 3. The van der Waals surface area contributed by atoms with Gasteiger partial charge in [0.05, 0.1) is 6.54 Å². The Kier molecular flexibility index (Phi) is 4.48. The van der Waals surface area contributed by atoms with E-state index in [1.54, 1.807) is 12.1 Å². The van der Waals surface area contributed by atoms with Crippen LogP contribution < -0.4 is 11.1 Å². The van der Waals surface area contributed by atoms with Crippen LogP contribution in [-0.4, -0.2) is 20.9 Å². The lowest BCUT2D eigenvalue weighted by molar-refractivity contribution is 0.102. The number of anilines is 2. The minimum absolute atomic E-state index is 0.0866. The number of nitrogens with one attached hydrogen (secondary N) is 1. The number of amides is 1. The number of nitrogens with zero attached hydrogens (tertiary/aromatic N) is 3. The van der Waals surface area contributed by atoms with Gasteiger partial charge in [0.15, 0.2) is 11.5 Å². The van der Waals surface area contributed by atoms with Crippen LogP contribution in [0.4, 0.5) is 11.5 Å². The minimum atomic E-state index is -0.400. The van der Waals surface area contributed by atoms with Gasteiger partial charge in [0, 0.05) is 10.7 Å². The van der Waals surface area contributed by atoms with Gasteiger partial charge in [-0.1, -0.05) is 47.1 Å². The molecule has 6 nitrogen and oxygen atoms in total. The van der Waals surface area contributed by atoms with Crippen LogP contribution in [0.1, 0.15) is 21.6 Å². The average molecular weight is 342 g/mol. The quantitative estimate of drug-likeness (QED) is 0.763. The molecular formula is C17H16ClN5O. The maximum atomic E-state index is 12.3. The number of nitrogens with two attached hydrogens (primary N) is 1. The van der Waals surface area contributed by atoms with Crippen LogP contribution in [0.2, 0.25) is 5.02 Å². The summed E-state index contributed by atoms with van der Waals surface area (Å²) < 4.78 is 1.45. The maximum Gasteiger partial charge on any atom is 0.280 e. The van der Waals surface area contributed by atoms with Crippen LogP contribution >= 0.6 is 11.6 Å². The number of hydrogen-bond acceptors (Lipinski definition) is 4. The number of carbonyl (C=O) groups excluding carboxylic acids is 1. The molecule has 24 heavy (non-hydrogen) atoms. The summed E-state index contributed by atoms with van der Waals surface area (Å²) in [4.78, 5) is 12.3. The Hall–Kier alpha value is -2.86. The summed E-state index contributed by atoms with van der Waals surface area (Å²) in [6, 6.07) is 14.9. The number of hydrogen-bond donors (Lipinski definition) is 2. The van der Waals surface area contributed by atoms with Crippen molar-refractivity contribution in [3.05, 3.63) is 70.4 Å². The van der Waals surface area contributed by atoms with Crippen molar-refractivity contribution in [1.29, 1.82) is 0 Å². The summed E-state index contributed by atoms with van der Waals surface area (Å²) in [5.74, 6) is -0.205. The molecule has 0 bridgehead atoms. The zero-order chi connectivity index (χ0) is 17.1. The van der Waals surface area contributed by atoms with Crippen molar-refractivity contribution in [2.24, 2.45) is 0 Å². The summed E-state index contributed by atoms with van der Waals surface area (Å²) >= 11 is 6.14. The lowest BCUT2D eigenvalue weighted by atomic mass is 10.2. The van der Waals surface area contributed by atoms with Gasteiger partial charge in [-0.25, -0.2) is 4.68 Å². The molecule has 3 N–H and O–H groups in total. The lowest BCUT2D eigenvalue weighted by Gasteiger charge is -2.06. The predicted octanol–water partition coefficient (Wildman–Crippen LogP) is 3.12. The molecular weight excluding hydrogens is 326 g/mol. The van der Waals surface area contributed by atoms with Crippen molar-refractivity contribution in [1.82, 2.24) is 15.0 Å². The van der Waals surface area contributed by atoms with Crippen molar-refractivity contribution in [2.75, 3.05) is 11.1 Å². The first-order valence-corrected chi connectivity index (χ1v) is 7.73. The van der Waals surface area contributed by atoms with E-state index >= 15 is 0 Å². The molecule has 1 aromatic heterocycles. The molecule has 3 aromatic rings. The Labute approximate surface area is 144 Å². The first kappa shape index (κ1) is 16.0. The van der Waals surface area contributed by atoms with Gasteiger partial charge >= 0.3 is 0 Å². The normalized spacial score (nSPS) is 10.6. The first-order chi connectivity index (χ1) is 11.5. The third-order valence-electron chi connectivity index (χ3n) is 3.54. The van der Waals surface area contributed by atoms with Crippen molar-refractivity contribution in [2.45, 2.75) is 13.5 Å².